The molecule has 0 unspecified atom stereocenters. The van der Waals surface area contributed by atoms with Crippen LogP contribution in [0.5, 0.6) is 0 Å². The van der Waals surface area contributed by atoms with E-state index >= 15 is 0 Å². The molecule has 1 N–H and O–H groups in total. The second kappa shape index (κ2) is 8.05. The van der Waals surface area contributed by atoms with Crippen molar-refractivity contribution >= 4 is 33.6 Å². The van der Waals surface area contributed by atoms with Gasteiger partial charge in [0.15, 0.2) is 5.16 Å². The van der Waals surface area contributed by atoms with Crippen molar-refractivity contribution in [1.82, 2.24) is 15.3 Å². The number of halogens is 7. The fourth-order valence-electron chi connectivity index (χ4n) is 2.00. The lowest BCUT2D eigenvalue weighted by Crippen LogP contribution is -2.25. The van der Waals surface area contributed by atoms with Crippen LogP contribution in [0.25, 0.3) is 0 Å². The summed E-state index contributed by atoms with van der Waals surface area (Å²) in [5, 5.41) is 2.54. The average molecular weight is 474 g/mol. The van der Waals surface area contributed by atoms with Gasteiger partial charge in [-0.2, -0.15) is 26.3 Å². The summed E-state index contributed by atoms with van der Waals surface area (Å²) in [5.41, 5.74) is -3.33. The van der Waals surface area contributed by atoms with Crippen LogP contribution in [-0.2, 0) is 18.9 Å². The maximum atomic E-state index is 12.9. The Morgan fingerprint density at radius 2 is 1.67 bits per heavy atom. The van der Waals surface area contributed by atoms with Gasteiger partial charge in [-0.1, -0.05) is 11.8 Å². The minimum atomic E-state index is -4.96. The molecule has 1 amide bonds. The van der Waals surface area contributed by atoms with Crippen molar-refractivity contribution in [2.24, 2.45) is 0 Å². The number of hydrogen-bond acceptors (Lipinski definition) is 4. The summed E-state index contributed by atoms with van der Waals surface area (Å²) in [6, 6.07) is 1.13. The molecule has 0 aliphatic carbocycles. The Kier molecular flexibility index (Phi) is 6.40. The number of hydrogen-bond donors (Lipinski definition) is 1. The highest BCUT2D eigenvalue weighted by atomic mass is 79.9. The van der Waals surface area contributed by atoms with E-state index < -0.39 is 35.9 Å². The average Bonchev–Trinajstić information content (AvgIpc) is 2.58. The van der Waals surface area contributed by atoms with Gasteiger partial charge in [0.1, 0.15) is 5.69 Å². The van der Waals surface area contributed by atoms with E-state index in [4.69, 9.17) is 0 Å². The van der Waals surface area contributed by atoms with Crippen molar-refractivity contribution in [3.8, 4) is 0 Å². The lowest BCUT2D eigenvalue weighted by molar-refractivity contribution is -0.143. The summed E-state index contributed by atoms with van der Waals surface area (Å²) in [5.74, 6) is -0.773. The fraction of sp³-hybridized carbons (Fsp3) is 0.267. The highest BCUT2D eigenvalue weighted by Gasteiger charge is 2.36. The molecule has 1 aromatic carbocycles. The number of thioether (sulfide) groups is 1. The third kappa shape index (κ3) is 5.58. The lowest BCUT2D eigenvalue weighted by Gasteiger charge is -2.14. The van der Waals surface area contributed by atoms with Gasteiger partial charge in [-0.15, -0.1) is 0 Å². The van der Waals surface area contributed by atoms with E-state index in [1.807, 2.05) is 0 Å². The first-order valence-corrected chi connectivity index (χ1v) is 9.06. The number of carbonyl (C=O) groups is 1. The van der Waals surface area contributed by atoms with E-state index in [0.29, 0.717) is 12.1 Å². The number of alkyl halides is 6. The van der Waals surface area contributed by atoms with Gasteiger partial charge in [-0.05, 0) is 45.9 Å². The zero-order chi connectivity index (χ0) is 20.4. The number of rotatable bonds is 4. The number of amides is 1. The minimum absolute atomic E-state index is 0.0249. The maximum absolute atomic E-state index is 12.9. The van der Waals surface area contributed by atoms with Crippen molar-refractivity contribution in [1.29, 1.82) is 0 Å². The summed E-state index contributed by atoms with van der Waals surface area (Å²) < 4.78 is 77.4. The molecule has 0 radical (unpaired) electrons. The van der Waals surface area contributed by atoms with Crippen LogP contribution in [0, 0.1) is 0 Å². The van der Waals surface area contributed by atoms with E-state index in [9.17, 15) is 31.1 Å². The zero-order valence-corrected chi connectivity index (χ0v) is 15.8. The molecule has 0 saturated heterocycles. The van der Waals surface area contributed by atoms with Crippen LogP contribution >= 0.6 is 27.7 Å². The quantitative estimate of drug-likeness (QED) is 0.388. The third-order valence-electron chi connectivity index (χ3n) is 3.22. The van der Waals surface area contributed by atoms with Gasteiger partial charge in [0, 0.05) is 12.7 Å². The Morgan fingerprint density at radius 1 is 1.11 bits per heavy atom. The third-order valence-corrected chi connectivity index (χ3v) is 4.36. The van der Waals surface area contributed by atoms with E-state index in [1.54, 1.807) is 6.26 Å². The van der Waals surface area contributed by atoms with Crippen LogP contribution in [0.3, 0.4) is 0 Å². The molecule has 0 bridgehead atoms. The highest BCUT2D eigenvalue weighted by Crippen LogP contribution is 2.36. The molecule has 1 aromatic heterocycles. The molecule has 4 nitrogen and oxygen atoms in total. The Balaban J connectivity index is 2.28. The van der Waals surface area contributed by atoms with E-state index in [-0.39, 0.29) is 27.0 Å². The molecule has 0 aliphatic rings. The number of benzene rings is 1. The Morgan fingerprint density at radius 3 is 2.15 bits per heavy atom. The standard InChI is InChI=1S/C15H10BrF6N3OS/c1-27-13-24-6-10(16)11(25-13)12(26)23-5-7-2-8(14(17,18)19)4-9(3-7)15(20,21)22/h2-4,6H,5H2,1H3,(H,23,26). The van der Waals surface area contributed by atoms with Crippen molar-refractivity contribution in [2.75, 3.05) is 6.26 Å². The molecule has 2 aromatic rings. The first-order valence-electron chi connectivity index (χ1n) is 7.05. The normalized spacial score (nSPS) is 12.1. The molecule has 2 rings (SSSR count). The number of nitrogens with one attached hydrogen (secondary N) is 1. The van der Waals surface area contributed by atoms with Crippen LogP contribution in [0.1, 0.15) is 27.2 Å². The molecule has 0 atom stereocenters. The van der Waals surface area contributed by atoms with Gasteiger partial charge in [0.25, 0.3) is 5.91 Å². The van der Waals surface area contributed by atoms with E-state index in [1.165, 1.54) is 6.20 Å². The van der Waals surface area contributed by atoms with Crippen LogP contribution in [-0.4, -0.2) is 22.1 Å². The van der Waals surface area contributed by atoms with Gasteiger partial charge in [0.2, 0.25) is 0 Å². The summed E-state index contributed by atoms with van der Waals surface area (Å²) in [4.78, 5) is 20.0. The van der Waals surface area contributed by atoms with Crippen molar-refractivity contribution in [3.05, 3.63) is 51.3 Å². The molecule has 0 aliphatic heterocycles. The smallest absolute Gasteiger partial charge is 0.347 e. The Labute approximate surface area is 161 Å². The summed E-state index contributed by atoms with van der Waals surface area (Å²) in [6.45, 7) is -0.545. The summed E-state index contributed by atoms with van der Waals surface area (Å²) >= 11 is 4.23. The summed E-state index contributed by atoms with van der Waals surface area (Å²) in [6.07, 6.45) is -6.92. The molecule has 0 fully saturated rings. The van der Waals surface area contributed by atoms with Gasteiger partial charge < -0.3 is 5.32 Å². The molecule has 0 spiro atoms. The van der Waals surface area contributed by atoms with Crippen LogP contribution in [0.15, 0.2) is 34.0 Å². The predicted octanol–water partition coefficient (Wildman–Crippen LogP) is 4.93. The van der Waals surface area contributed by atoms with Crippen LogP contribution in [0.4, 0.5) is 26.3 Å². The first-order chi connectivity index (χ1) is 12.4. The van der Waals surface area contributed by atoms with Crippen LogP contribution < -0.4 is 5.32 Å². The highest BCUT2D eigenvalue weighted by molar-refractivity contribution is 9.10. The molecule has 27 heavy (non-hydrogen) atoms. The zero-order valence-electron chi connectivity index (χ0n) is 13.4. The largest absolute Gasteiger partial charge is 0.416 e. The van der Waals surface area contributed by atoms with Gasteiger partial charge in [-0.25, -0.2) is 9.97 Å². The monoisotopic (exact) mass is 473 g/mol. The SMILES string of the molecule is CSc1ncc(Br)c(C(=O)NCc2cc(C(F)(F)F)cc(C(F)(F)F)c2)n1. The fourth-order valence-corrected chi connectivity index (χ4v) is 2.71. The predicted molar refractivity (Wildman–Crippen MR) is 89.1 cm³/mol. The number of carbonyl (C=O) groups excluding carboxylic acids is 1. The maximum Gasteiger partial charge on any atom is 0.416 e. The van der Waals surface area contributed by atoms with Crippen molar-refractivity contribution < 1.29 is 31.1 Å². The Hall–Kier alpha value is -1.82. The second-order valence-electron chi connectivity index (χ2n) is 5.15. The topological polar surface area (TPSA) is 54.9 Å². The molecule has 12 heteroatoms. The lowest BCUT2D eigenvalue weighted by atomic mass is 10.0. The second-order valence-corrected chi connectivity index (χ2v) is 6.78. The molecular weight excluding hydrogens is 464 g/mol. The van der Waals surface area contributed by atoms with Crippen LogP contribution in [0.2, 0.25) is 0 Å². The van der Waals surface area contributed by atoms with Crippen molar-refractivity contribution in [2.45, 2.75) is 24.1 Å². The Bertz CT molecular complexity index is 824. The molecule has 1 heterocycles. The van der Waals surface area contributed by atoms with Gasteiger partial charge >= 0.3 is 12.4 Å². The first kappa shape index (κ1) is 21.5. The van der Waals surface area contributed by atoms with E-state index in [0.717, 1.165) is 11.8 Å². The molecule has 146 valence electrons. The molecular formula is C15H10BrF6N3OS. The molecule has 0 saturated carbocycles. The minimum Gasteiger partial charge on any atom is -0.347 e. The van der Waals surface area contributed by atoms with Gasteiger partial charge in [0.05, 0.1) is 15.6 Å². The van der Waals surface area contributed by atoms with Crippen molar-refractivity contribution in [3.63, 3.8) is 0 Å². The van der Waals surface area contributed by atoms with E-state index in [2.05, 4.69) is 31.2 Å². The number of aromatic nitrogens is 2. The van der Waals surface area contributed by atoms with Gasteiger partial charge in [-0.3, -0.25) is 4.79 Å². The summed E-state index contributed by atoms with van der Waals surface area (Å²) in [7, 11) is 0. The number of nitrogens with zero attached hydrogens (tertiary/aromatic N) is 2.